The Morgan fingerprint density at radius 3 is 2.44 bits per heavy atom. The van der Waals surface area contributed by atoms with Crippen molar-refractivity contribution >= 4 is 23.0 Å². The summed E-state index contributed by atoms with van der Waals surface area (Å²) in [6, 6.07) is 14.3. The van der Waals surface area contributed by atoms with Gasteiger partial charge in [0.15, 0.2) is 0 Å². The summed E-state index contributed by atoms with van der Waals surface area (Å²) in [5, 5.41) is 18.9. The number of hydrogen-bond acceptors (Lipinski definition) is 4. The SMILES string of the molecule is CC1=C(C#N)c2nc(N)c(C#N)c(C)c2/C1=C\C=C\c1ccccc1. The lowest BCUT2D eigenvalue weighted by Crippen LogP contribution is -2.03. The lowest BCUT2D eigenvalue weighted by atomic mass is 9.97. The van der Waals surface area contributed by atoms with Crippen molar-refractivity contribution in [2.45, 2.75) is 13.8 Å². The Morgan fingerprint density at radius 1 is 1.08 bits per heavy atom. The average Bonchev–Trinajstić information content (AvgIpc) is 2.87. The molecule has 0 radical (unpaired) electrons. The molecule has 4 heteroatoms. The van der Waals surface area contributed by atoms with Crippen molar-refractivity contribution in [3.63, 3.8) is 0 Å². The highest BCUT2D eigenvalue weighted by Gasteiger charge is 2.29. The molecule has 0 saturated carbocycles. The highest BCUT2D eigenvalue weighted by Crippen LogP contribution is 2.43. The molecule has 0 atom stereocenters. The predicted octanol–water partition coefficient (Wildman–Crippen LogP) is 4.25. The van der Waals surface area contributed by atoms with Gasteiger partial charge >= 0.3 is 0 Å². The van der Waals surface area contributed by atoms with Crippen molar-refractivity contribution in [1.82, 2.24) is 4.98 Å². The van der Waals surface area contributed by atoms with Crippen LogP contribution in [0.5, 0.6) is 0 Å². The van der Waals surface area contributed by atoms with Gasteiger partial charge in [0.25, 0.3) is 0 Å². The van der Waals surface area contributed by atoms with Gasteiger partial charge in [0, 0.05) is 5.56 Å². The third-order valence-corrected chi connectivity index (χ3v) is 4.34. The van der Waals surface area contributed by atoms with Gasteiger partial charge in [0.1, 0.15) is 18.0 Å². The van der Waals surface area contributed by atoms with Crippen LogP contribution < -0.4 is 5.73 Å². The lowest BCUT2D eigenvalue weighted by molar-refractivity contribution is 1.22. The van der Waals surface area contributed by atoms with Crippen LogP contribution in [0.25, 0.3) is 17.2 Å². The quantitative estimate of drug-likeness (QED) is 0.894. The molecular weight excluding hydrogens is 308 g/mol. The molecule has 2 N–H and O–H groups in total. The summed E-state index contributed by atoms with van der Waals surface area (Å²) < 4.78 is 0. The number of benzene rings is 1. The van der Waals surface area contributed by atoms with E-state index in [9.17, 15) is 10.5 Å². The van der Waals surface area contributed by atoms with Crippen molar-refractivity contribution in [2.24, 2.45) is 0 Å². The van der Waals surface area contributed by atoms with Gasteiger partial charge in [-0.25, -0.2) is 4.98 Å². The molecule has 4 nitrogen and oxygen atoms in total. The fraction of sp³-hybridized carbons (Fsp3) is 0.0952. The van der Waals surface area contributed by atoms with Crippen molar-refractivity contribution < 1.29 is 0 Å². The smallest absolute Gasteiger partial charge is 0.142 e. The van der Waals surface area contributed by atoms with Crippen LogP contribution in [0, 0.1) is 29.6 Å². The van der Waals surface area contributed by atoms with E-state index in [1.54, 1.807) is 0 Å². The zero-order valence-corrected chi connectivity index (χ0v) is 14.0. The molecule has 25 heavy (non-hydrogen) atoms. The highest BCUT2D eigenvalue weighted by atomic mass is 14.9. The Balaban J connectivity index is 2.16. The summed E-state index contributed by atoms with van der Waals surface area (Å²) >= 11 is 0. The molecule has 2 aromatic rings. The largest absolute Gasteiger partial charge is 0.383 e. The molecule has 0 amide bonds. The summed E-state index contributed by atoms with van der Waals surface area (Å²) in [7, 11) is 0. The molecule has 0 bridgehead atoms. The second-order valence-corrected chi connectivity index (χ2v) is 5.79. The van der Waals surface area contributed by atoms with Crippen LogP contribution in [-0.4, -0.2) is 4.98 Å². The van der Waals surface area contributed by atoms with E-state index in [2.05, 4.69) is 17.1 Å². The van der Waals surface area contributed by atoms with Gasteiger partial charge in [0.05, 0.1) is 16.8 Å². The van der Waals surface area contributed by atoms with Gasteiger partial charge in [-0.2, -0.15) is 10.5 Å². The van der Waals surface area contributed by atoms with Gasteiger partial charge in [-0.05, 0) is 36.1 Å². The summed E-state index contributed by atoms with van der Waals surface area (Å²) in [5.41, 5.74) is 11.7. The first-order chi connectivity index (χ1) is 12.1. The molecule has 0 spiro atoms. The Kier molecular flexibility index (Phi) is 4.20. The van der Waals surface area contributed by atoms with Crippen LogP contribution in [0.3, 0.4) is 0 Å². The number of nitriles is 2. The van der Waals surface area contributed by atoms with Gasteiger partial charge in [-0.3, -0.25) is 0 Å². The van der Waals surface area contributed by atoms with Crippen molar-refractivity contribution in [3.8, 4) is 12.1 Å². The van der Waals surface area contributed by atoms with Crippen LogP contribution in [0.15, 0.2) is 48.1 Å². The fourth-order valence-electron chi connectivity index (χ4n) is 3.04. The van der Waals surface area contributed by atoms with E-state index in [0.29, 0.717) is 16.8 Å². The van der Waals surface area contributed by atoms with E-state index in [4.69, 9.17) is 5.73 Å². The monoisotopic (exact) mass is 324 g/mol. The number of hydrogen-bond donors (Lipinski definition) is 1. The molecule has 0 aliphatic heterocycles. The van der Waals surface area contributed by atoms with Gasteiger partial charge < -0.3 is 5.73 Å². The Labute approximate surface area is 146 Å². The molecule has 0 unspecified atom stereocenters. The minimum absolute atomic E-state index is 0.167. The molecule has 0 saturated heterocycles. The van der Waals surface area contributed by atoms with E-state index in [1.165, 1.54) is 0 Å². The van der Waals surface area contributed by atoms with Crippen LogP contribution in [-0.2, 0) is 0 Å². The normalized spacial score (nSPS) is 14.6. The van der Waals surface area contributed by atoms with Gasteiger partial charge in [0.2, 0.25) is 0 Å². The van der Waals surface area contributed by atoms with Crippen LogP contribution >= 0.6 is 0 Å². The summed E-state index contributed by atoms with van der Waals surface area (Å²) in [5.74, 6) is 0.167. The maximum Gasteiger partial charge on any atom is 0.142 e. The minimum atomic E-state index is 0.167. The molecule has 1 aromatic heterocycles. The number of fused-ring (bicyclic) bond motifs is 1. The lowest BCUT2D eigenvalue weighted by Gasteiger charge is -2.10. The third-order valence-electron chi connectivity index (χ3n) is 4.34. The Bertz CT molecular complexity index is 1030. The number of pyridine rings is 1. The summed E-state index contributed by atoms with van der Waals surface area (Å²) in [6.07, 6.45) is 5.90. The number of aromatic nitrogens is 1. The standard InChI is InChI=1S/C21H16N4/c1-13-16(10-6-9-15-7-4-3-5-8-15)19-14(2)18(12-23)21(24)25-20(19)17(13)11-22/h3-10H,1-2H3,(H2,24,25)/b9-6+,16-10-. The molecule has 1 aliphatic carbocycles. The number of nitrogens with zero attached hydrogens (tertiary/aromatic N) is 3. The molecule has 1 heterocycles. The minimum Gasteiger partial charge on any atom is -0.383 e. The molecule has 1 aliphatic rings. The first kappa shape index (κ1) is 16.2. The van der Waals surface area contributed by atoms with Crippen LogP contribution in [0.2, 0.25) is 0 Å². The topological polar surface area (TPSA) is 86.5 Å². The number of rotatable bonds is 2. The first-order valence-electron chi connectivity index (χ1n) is 7.84. The van der Waals surface area contributed by atoms with E-state index >= 15 is 0 Å². The molecule has 3 rings (SSSR count). The van der Waals surface area contributed by atoms with Gasteiger partial charge in [-0.15, -0.1) is 0 Å². The highest BCUT2D eigenvalue weighted by molar-refractivity contribution is 6.04. The predicted molar refractivity (Wildman–Crippen MR) is 99.8 cm³/mol. The molecule has 120 valence electrons. The van der Waals surface area contributed by atoms with Crippen LogP contribution in [0.4, 0.5) is 5.82 Å². The van der Waals surface area contributed by atoms with E-state index < -0.39 is 0 Å². The number of nitrogen functional groups attached to an aromatic ring is 1. The fourth-order valence-corrected chi connectivity index (χ4v) is 3.04. The maximum absolute atomic E-state index is 9.51. The summed E-state index contributed by atoms with van der Waals surface area (Å²) in [4.78, 5) is 4.31. The Morgan fingerprint density at radius 2 is 1.80 bits per heavy atom. The van der Waals surface area contributed by atoms with Crippen molar-refractivity contribution in [2.75, 3.05) is 5.73 Å². The van der Waals surface area contributed by atoms with E-state index in [0.717, 1.165) is 27.8 Å². The zero-order chi connectivity index (χ0) is 18.0. The number of allylic oxidation sites excluding steroid dienone is 5. The first-order valence-corrected chi connectivity index (χ1v) is 7.84. The average molecular weight is 324 g/mol. The molecule has 1 aromatic carbocycles. The molecular formula is C21H16N4. The second kappa shape index (κ2) is 6.47. The van der Waals surface area contributed by atoms with Crippen molar-refractivity contribution in [1.29, 1.82) is 10.5 Å². The Hall–Kier alpha value is -3.63. The van der Waals surface area contributed by atoms with Crippen LogP contribution in [0.1, 0.15) is 34.9 Å². The van der Waals surface area contributed by atoms with E-state index in [1.807, 2.05) is 62.4 Å². The van der Waals surface area contributed by atoms with Gasteiger partial charge in [-0.1, -0.05) is 48.6 Å². The summed E-state index contributed by atoms with van der Waals surface area (Å²) in [6.45, 7) is 3.74. The maximum atomic E-state index is 9.51. The molecule has 0 fully saturated rings. The zero-order valence-electron chi connectivity index (χ0n) is 14.0. The number of nitrogens with two attached hydrogens (primary N) is 1. The van der Waals surface area contributed by atoms with Crippen molar-refractivity contribution in [3.05, 3.63) is 76.0 Å². The third kappa shape index (κ3) is 2.71. The number of anilines is 1. The second-order valence-electron chi connectivity index (χ2n) is 5.79. The van der Waals surface area contributed by atoms with E-state index in [-0.39, 0.29) is 5.82 Å².